The normalized spacial score (nSPS) is 13.1. The first kappa shape index (κ1) is 62.9. The molecule has 0 saturated heterocycles. The molecule has 4 heterocycles. The highest BCUT2D eigenvalue weighted by atomic mass is 32.2. The number of carbonyl (C=O) groups is 4. The minimum Gasteiger partial charge on any atom is -0.478 e. The number of fused-ring (bicyclic) bond motifs is 2. The number of nitrogens with two attached hydrogens (primary N) is 1. The number of aromatic carboxylic acids is 1. The van der Waals surface area contributed by atoms with Crippen LogP contribution in [0.1, 0.15) is 112 Å². The zero-order valence-corrected chi connectivity index (χ0v) is 49.7. The smallest absolute Gasteiger partial charge is 0.335 e. The van der Waals surface area contributed by atoms with Crippen LogP contribution in [0.5, 0.6) is 0 Å². The van der Waals surface area contributed by atoms with Crippen LogP contribution in [0.2, 0.25) is 0 Å². The number of nitro groups is 2. The number of rotatable bonds is 17. The van der Waals surface area contributed by atoms with Gasteiger partial charge in [0, 0.05) is 56.0 Å². The highest BCUT2D eigenvalue weighted by Gasteiger charge is 2.33. The number of nitrogens with one attached hydrogen (secondary N) is 3. The first-order chi connectivity index (χ1) is 41.2. The Kier molecular flexibility index (Phi) is 19.1. The number of nitrogens with zero attached hydrogens (tertiary/aromatic N) is 8. The molecule has 2 aliphatic heterocycles. The maximum absolute atomic E-state index is 13.5. The lowest BCUT2D eigenvalue weighted by Crippen LogP contribution is -2.31. The van der Waals surface area contributed by atoms with Gasteiger partial charge in [-0.15, -0.1) is 0 Å². The van der Waals surface area contributed by atoms with E-state index in [0.717, 1.165) is 97.5 Å². The minimum absolute atomic E-state index is 0.0878. The van der Waals surface area contributed by atoms with Crippen LogP contribution >= 0.6 is 0 Å². The number of primary sulfonamides is 1. The Morgan fingerprint density at radius 2 is 0.954 bits per heavy atom. The first-order valence-electron chi connectivity index (χ1n) is 27.1. The van der Waals surface area contributed by atoms with Crippen molar-refractivity contribution in [2.75, 3.05) is 22.9 Å². The second-order valence-corrected chi connectivity index (χ2v) is 24.0. The van der Waals surface area contributed by atoms with E-state index in [-0.39, 0.29) is 50.1 Å². The van der Waals surface area contributed by atoms with E-state index in [4.69, 9.17) is 10.2 Å². The number of aryl methyl sites for hydroxylation is 4. The van der Waals surface area contributed by atoms with E-state index < -0.39 is 47.8 Å². The Balaban J connectivity index is 0.000000193. The zero-order chi connectivity index (χ0) is 63.1. The molecule has 2 aromatic heterocycles. The van der Waals surface area contributed by atoms with Gasteiger partial charge in [-0.1, -0.05) is 83.9 Å². The molecule has 0 saturated carbocycles. The number of carboxylic acids is 1. The summed E-state index contributed by atoms with van der Waals surface area (Å²) in [6.07, 6.45) is 0. The lowest BCUT2D eigenvalue weighted by molar-refractivity contribution is -0.385. The molecule has 2 atom stereocenters. The predicted molar refractivity (Wildman–Crippen MR) is 322 cm³/mol. The van der Waals surface area contributed by atoms with Gasteiger partial charge >= 0.3 is 5.97 Å². The molecule has 0 spiro atoms. The van der Waals surface area contributed by atoms with Crippen LogP contribution in [0.25, 0.3) is 0 Å². The number of amides is 3. The number of benzene rings is 6. The van der Waals surface area contributed by atoms with Gasteiger partial charge in [0.05, 0.1) is 61.8 Å². The number of hydrogen-bond acceptors (Lipinski definition) is 16. The molecule has 25 nitrogen and oxygen atoms in total. The highest BCUT2D eigenvalue weighted by molar-refractivity contribution is 7.90. The third kappa shape index (κ3) is 15.2. The molecule has 10 rings (SSSR count). The molecule has 8 aromatic rings. The van der Waals surface area contributed by atoms with Crippen LogP contribution in [0.3, 0.4) is 0 Å². The van der Waals surface area contributed by atoms with Crippen molar-refractivity contribution in [1.29, 1.82) is 0 Å². The van der Waals surface area contributed by atoms with Crippen LogP contribution in [0.15, 0.2) is 155 Å². The second kappa shape index (κ2) is 26.4. The number of non-ortho nitro benzene ring substituents is 2. The van der Waals surface area contributed by atoms with Crippen molar-refractivity contribution in [3.05, 3.63) is 233 Å². The van der Waals surface area contributed by atoms with Crippen LogP contribution in [-0.4, -0.2) is 88.1 Å². The van der Waals surface area contributed by atoms with Crippen LogP contribution in [-0.2, 0) is 46.2 Å². The maximum atomic E-state index is 13.5. The minimum atomic E-state index is -4.24. The van der Waals surface area contributed by atoms with Crippen molar-refractivity contribution in [2.45, 2.75) is 89.6 Å². The van der Waals surface area contributed by atoms with Crippen molar-refractivity contribution >= 4 is 66.7 Å². The van der Waals surface area contributed by atoms with Crippen LogP contribution in [0, 0.1) is 47.9 Å². The molecule has 27 heteroatoms. The van der Waals surface area contributed by atoms with Crippen LogP contribution in [0.4, 0.5) is 23.0 Å². The van der Waals surface area contributed by atoms with Gasteiger partial charge < -0.3 is 25.5 Å². The summed E-state index contributed by atoms with van der Waals surface area (Å²) in [5.74, 6) is -0.637. The summed E-state index contributed by atoms with van der Waals surface area (Å²) < 4.78 is 52.4. The van der Waals surface area contributed by atoms with Gasteiger partial charge in [-0.05, 0) is 112 Å². The quantitative estimate of drug-likeness (QED) is 0.0426. The summed E-state index contributed by atoms with van der Waals surface area (Å²) in [6, 6.07) is 37.3. The number of carbonyl (C=O) groups excluding carboxylic acids is 3. The molecule has 0 aliphatic carbocycles. The predicted octanol–water partition coefficient (Wildman–Crippen LogP) is 7.99. The van der Waals surface area contributed by atoms with Crippen LogP contribution < -0.4 is 30.3 Å². The summed E-state index contributed by atoms with van der Waals surface area (Å²) in [7, 11) is -8.01. The van der Waals surface area contributed by atoms with Crippen molar-refractivity contribution < 1.29 is 51.0 Å². The van der Waals surface area contributed by atoms with E-state index in [2.05, 4.69) is 67.9 Å². The van der Waals surface area contributed by atoms with Gasteiger partial charge in [0.1, 0.15) is 22.8 Å². The molecular weight excluding hydrogens is 1160 g/mol. The SMILES string of the molecule is Cc1cccc(CN2CCn3nc(C)c(C(=O)N[C@@H](C)c4ccc(C(=O)NS(=O)(=O)c5ccc([N+](=O)[O-])cc5)cc4)c32)c1.Cc1cccc(CN2CCn3nc(C)c(C(=O)N[C@@H](C)c4ccc(C(=O)O)cc4)c32)c1.NS(=O)(=O)c1ccc([N+](=O)[O-])cc1. The average molecular weight is 1220 g/mol. The lowest BCUT2D eigenvalue weighted by atomic mass is 10.1. The Labute approximate surface area is 500 Å². The van der Waals surface area contributed by atoms with Gasteiger partial charge in [0.15, 0.2) is 0 Å². The fraction of sp³-hybridized carbons (Fsp3) is 0.233. The van der Waals surface area contributed by atoms with E-state index in [1.54, 1.807) is 36.4 Å². The van der Waals surface area contributed by atoms with E-state index in [9.17, 15) is 56.2 Å². The summed E-state index contributed by atoms with van der Waals surface area (Å²) in [4.78, 5) is 74.1. The molecule has 6 aromatic carbocycles. The summed E-state index contributed by atoms with van der Waals surface area (Å²) >= 11 is 0. The van der Waals surface area contributed by atoms with Gasteiger partial charge in [-0.25, -0.2) is 40.9 Å². The Morgan fingerprint density at radius 3 is 1.32 bits per heavy atom. The fourth-order valence-corrected chi connectivity index (χ4v) is 11.4. The summed E-state index contributed by atoms with van der Waals surface area (Å²) in [6.45, 7) is 15.9. The molecule has 3 amide bonds. The number of anilines is 2. The standard InChI is InChI=1S/C30H30N6O6S.C24H26N4O3.C6H6N2O4S/c1-19-5-4-6-22(17-19)18-34-15-16-35-30(34)27(21(3)32-35)29(38)31-20(2)23-7-9-24(10-8-23)28(37)33-43(41,42)26-13-11-25(12-14-26)36(39)40;1-15-5-4-6-18(13-15)14-27-11-12-28-23(27)21(17(3)26-28)22(29)25-16(2)19-7-9-20(10-8-19)24(30)31;7-13(11,12)6-3-1-5(2-4-6)8(9)10/h4-14,17,20H,15-16,18H2,1-3H3,(H,31,38)(H,33,37);4-10,13,16H,11-12,14H2,1-3H3,(H,25,29)(H,30,31);1-4H,(H2,7,11,12)/t20-;16-;/m00./s1. The summed E-state index contributed by atoms with van der Waals surface area (Å²) in [5, 5.41) is 50.1. The van der Waals surface area contributed by atoms with Gasteiger partial charge in [-0.3, -0.25) is 34.6 Å². The Morgan fingerprint density at radius 1 is 0.563 bits per heavy atom. The molecule has 0 bridgehead atoms. The van der Waals surface area contributed by atoms with Gasteiger partial charge in [0.25, 0.3) is 39.1 Å². The van der Waals surface area contributed by atoms with E-state index in [1.165, 1.54) is 28.8 Å². The third-order valence-corrected chi connectivity index (χ3v) is 16.6. The lowest BCUT2D eigenvalue weighted by Gasteiger charge is -2.20. The molecule has 0 radical (unpaired) electrons. The molecule has 87 heavy (non-hydrogen) atoms. The molecule has 2 aliphatic rings. The summed E-state index contributed by atoms with van der Waals surface area (Å²) in [5.41, 5.74) is 8.60. The monoisotopic (exact) mass is 1220 g/mol. The van der Waals surface area contributed by atoms with E-state index in [1.807, 2.05) is 66.9 Å². The Bertz CT molecular complexity index is 4150. The largest absolute Gasteiger partial charge is 0.478 e. The van der Waals surface area contributed by atoms with Gasteiger partial charge in [-0.2, -0.15) is 10.2 Å². The van der Waals surface area contributed by atoms with Crippen molar-refractivity contribution in [1.82, 2.24) is 34.9 Å². The first-order valence-corrected chi connectivity index (χ1v) is 30.1. The molecule has 6 N–H and O–H groups in total. The van der Waals surface area contributed by atoms with Crippen molar-refractivity contribution in [3.8, 4) is 0 Å². The number of nitro benzene ring substituents is 2. The van der Waals surface area contributed by atoms with E-state index in [0.29, 0.717) is 41.2 Å². The van der Waals surface area contributed by atoms with E-state index >= 15 is 0 Å². The number of carboxylic acid groups (broad SMARTS) is 1. The Hall–Kier alpha value is -10.1. The molecule has 0 unspecified atom stereocenters. The average Bonchev–Trinajstić information content (AvgIpc) is 1.80. The molecule has 452 valence electrons. The fourth-order valence-electron chi connectivity index (χ4n) is 9.92. The molecule has 0 fully saturated rings. The maximum Gasteiger partial charge on any atom is 0.335 e. The number of aromatic nitrogens is 4. The second-order valence-electron chi connectivity index (χ2n) is 20.8. The van der Waals surface area contributed by atoms with Crippen molar-refractivity contribution in [2.24, 2.45) is 5.14 Å². The zero-order valence-electron chi connectivity index (χ0n) is 48.1. The third-order valence-electron chi connectivity index (χ3n) is 14.3. The van der Waals surface area contributed by atoms with Gasteiger partial charge in [0.2, 0.25) is 10.0 Å². The topological polar surface area (TPSA) is 347 Å². The van der Waals surface area contributed by atoms with Crippen molar-refractivity contribution in [3.63, 3.8) is 0 Å². The number of hydrogen-bond donors (Lipinski definition) is 5. The highest BCUT2D eigenvalue weighted by Crippen LogP contribution is 2.33. The molecular formula is C60H62N12O13S2. The number of sulfonamides is 2.